The summed E-state index contributed by atoms with van der Waals surface area (Å²) >= 11 is 0. The highest BCUT2D eigenvalue weighted by molar-refractivity contribution is 5.92. The molecule has 2 heterocycles. The molecule has 5 heteroatoms. The number of carbonyl (C=O) groups excluding carboxylic acids is 1. The Labute approximate surface area is 141 Å². The number of hydrogen-bond acceptors (Lipinski definition) is 4. The smallest absolute Gasteiger partial charge is 0.291 e. The minimum absolute atomic E-state index is 0.0150. The number of piperidine rings is 1. The molecule has 0 spiro atoms. The number of benzene rings is 1. The van der Waals surface area contributed by atoms with Crippen LogP contribution in [0.1, 0.15) is 47.8 Å². The Morgan fingerprint density at radius 2 is 2.08 bits per heavy atom. The molecule has 0 N–H and O–H groups in total. The third kappa shape index (κ3) is 3.30. The molecule has 1 saturated heterocycles. The summed E-state index contributed by atoms with van der Waals surface area (Å²) in [6, 6.07) is 9.83. The number of carbonyl (C=O) groups is 1. The highest BCUT2D eigenvalue weighted by Crippen LogP contribution is 2.41. The molecule has 1 amide bonds. The number of amides is 1. The summed E-state index contributed by atoms with van der Waals surface area (Å²) < 4.78 is 11.3. The third-order valence-corrected chi connectivity index (χ3v) is 4.79. The van der Waals surface area contributed by atoms with Crippen molar-refractivity contribution in [1.29, 1.82) is 0 Å². The summed E-state index contributed by atoms with van der Waals surface area (Å²) in [6.45, 7) is 2.14. The quantitative estimate of drug-likeness (QED) is 0.844. The highest BCUT2D eigenvalue weighted by atomic mass is 16.5. The molecule has 1 saturated carbocycles. The molecular weight excluding hydrogens is 304 g/mol. The Hall–Kier alpha value is -2.30. The van der Waals surface area contributed by atoms with E-state index in [1.54, 1.807) is 0 Å². The van der Waals surface area contributed by atoms with Crippen molar-refractivity contribution in [2.24, 2.45) is 5.92 Å². The van der Waals surface area contributed by atoms with Crippen LogP contribution >= 0.6 is 0 Å². The Morgan fingerprint density at radius 1 is 1.25 bits per heavy atom. The van der Waals surface area contributed by atoms with Crippen molar-refractivity contribution in [3.05, 3.63) is 48.2 Å². The van der Waals surface area contributed by atoms with Gasteiger partial charge in [0.1, 0.15) is 5.75 Å². The van der Waals surface area contributed by atoms with E-state index in [9.17, 15) is 4.79 Å². The van der Waals surface area contributed by atoms with Crippen LogP contribution in [0.25, 0.3) is 0 Å². The predicted octanol–water partition coefficient (Wildman–Crippen LogP) is 3.48. The highest BCUT2D eigenvalue weighted by Gasteiger charge is 2.35. The molecule has 2 aromatic rings. The van der Waals surface area contributed by atoms with E-state index in [1.165, 1.54) is 6.39 Å². The van der Waals surface area contributed by atoms with Crippen molar-refractivity contribution in [2.45, 2.75) is 31.6 Å². The van der Waals surface area contributed by atoms with Crippen molar-refractivity contribution in [2.75, 3.05) is 19.7 Å². The first kappa shape index (κ1) is 15.2. The molecule has 1 aliphatic heterocycles. The molecule has 1 aromatic heterocycles. The largest absolute Gasteiger partial charge is 0.493 e. The maximum Gasteiger partial charge on any atom is 0.291 e. The van der Waals surface area contributed by atoms with Crippen LogP contribution in [0.2, 0.25) is 0 Å². The number of likely N-dealkylation sites (tertiary alicyclic amines) is 1. The van der Waals surface area contributed by atoms with Crippen molar-refractivity contribution in [3.63, 3.8) is 0 Å². The summed E-state index contributed by atoms with van der Waals surface area (Å²) in [6.07, 6.45) is 5.71. The number of para-hydroxylation sites is 1. The van der Waals surface area contributed by atoms with Crippen molar-refractivity contribution in [1.82, 2.24) is 9.88 Å². The van der Waals surface area contributed by atoms with Gasteiger partial charge in [-0.1, -0.05) is 18.2 Å². The minimum atomic E-state index is -0.0150. The molecule has 5 nitrogen and oxygen atoms in total. The van der Waals surface area contributed by atoms with Gasteiger partial charge in [-0.25, -0.2) is 4.98 Å². The summed E-state index contributed by atoms with van der Waals surface area (Å²) in [5.74, 6) is 2.09. The maximum atomic E-state index is 12.8. The van der Waals surface area contributed by atoms with Crippen LogP contribution in [0.3, 0.4) is 0 Å². The maximum absolute atomic E-state index is 12.8. The first-order chi connectivity index (χ1) is 11.8. The molecule has 126 valence electrons. The fraction of sp³-hybridized carbons (Fsp3) is 0.474. The van der Waals surface area contributed by atoms with Crippen molar-refractivity contribution in [3.8, 4) is 5.75 Å². The Balaban J connectivity index is 1.37. The average Bonchev–Trinajstić information content (AvgIpc) is 3.37. The van der Waals surface area contributed by atoms with Crippen LogP contribution < -0.4 is 4.74 Å². The topological polar surface area (TPSA) is 55.6 Å². The van der Waals surface area contributed by atoms with Gasteiger partial charge in [-0.15, -0.1) is 0 Å². The van der Waals surface area contributed by atoms with Crippen LogP contribution in [0, 0.1) is 5.92 Å². The molecule has 1 unspecified atom stereocenters. The lowest BCUT2D eigenvalue weighted by atomic mass is 9.98. The van der Waals surface area contributed by atoms with E-state index in [-0.39, 0.29) is 5.91 Å². The van der Waals surface area contributed by atoms with Crippen molar-refractivity contribution >= 4 is 5.91 Å². The third-order valence-electron chi connectivity index (χ3n) is 4.79. The van der Waals surface area contributed by atoms with Gasteiger partial charge in [0.25, 0.3) is 5.91 Å². The van der Waals surface area contributed by atoms with Gasteiger partial charge in [-0.2, -0.15) is 0 Å². The second-order valence-corrected chi connectivity index (χ2v) is 6.72. The molecule has 1 aliphatic carbocycles. The lowest BCUT2D eigenvalue weighted by molar-refractivity contribution is 0.0601. The number of oxazole rings is 1. The van der Waals surface area contributed by atoms with Gasteiger partial charge in [-0.3, -0.25) is 4.79 Å². The van der Waals surface area contributed by atoms with E-state index < -0.39 is 0 Å². The first-order valence-electron chi connectivity index (χ1n) is 8.72. The fourth-order valence-corrected chi connectivity index (χ4v) is 3.32. The van der Waals surface area contributed by atoms with Crippen LogP contribution in [0.4, 0.5) is 0 Å². The Bertz CT molecular complexity index is 694. The lowest BCUT2D eigenvalue weighted by Crippen LogP contribution is -2.41. The SMILES string of the molecule is O=C(c1ocnc1C1CC1)N1CCCC(COc2ccccc2)C1. The molecule has 4 rings (SSSR count). The van der Waals surface area contributed by atoms with E-state index in [4.69, 9.17) is 9.15 Å². The monoisotopic (exact) mass is 326 g/mol. The van der Waals surface area contributed by atoms with E-state index in [0.29, 0.717) is 24.2 Å². The Kier molecular flexibility index (Phi) is 4.24. The van der Waals surface area contributed by atoms with Crippen molar-refractivity contribution < 1.29 is 13.9 Å². The summed E-state index contributed by atoms with van der Waals surface area (Å²) in [7, 11) is 0. The summed E-state index contributed by atoms with van der Waals surface area (Å²) in [5, 5.41) is 0. The van der Waals surface area contributed by atoms with Gasteiger partial charge in [0, 0.05) is 24.9 Å². The Morgan fingerprint density at radius 3 is 2.88 bits per heavy atom. The van der Waals surface area contributed by atoms with Crippen LogP contribution in [0.5, 0.6) is 5.75 Å². The first-order valence-corrected chi connectivity index (χ1v) is 8.72. The van der Waals surface area contributed by atoms with Gasteiger partial charge in [0.15, 0.2) is 6.39 Å². The summed E-state index contributed by atoms with van der Waals surface area (Å²) in [5.41, 5.74) is 0.850. The zero-order valence-electron chi connectivity index (χ0n) is 13.7. The number of aromatic nitrogens is 1. The molecule has 1 aromatic carbocycles. The van der Waals surface area contributed by atoms with E-state index in [0.717, 1.165) is 50.2 Å². The number of ether oxygens (including phenoxy) is 1. The minimum Gasteiger partial charge on any atom is -0.493 e. The molecule has 2 fully saturated rings. The van der Waals surface area contributed by atoms with E-state index >= 15 is 0 Å². The second kappa shape index (κ2) is 6.67. The van der Waals surface area contributed by atoms with Gasteiger partial charge < -0.3 is 14.1 Å². The van der Waals surface area contributed by atoms with Crippen LogP contribution in [-0.2, 0) is 0 Å². The van der Waals surface area contributed by atoms with Gasteiger partial charge in [-0.05, 0) is 37.8 Å². The van der Waals surface area contributed by atoms with Gasteiger partial charge in [0.2, 0.25) is 5.76 Å². The normalized spacial score (nSPS) is 20.8. The summed E-state index contributed by atoms with van der Waals surface area (Å²) in [4.78, 5) is 18.9. The lowest BCUT2D eigenvalue weighted by Gasteiger charge is -2.32. The standard InChI is InChI=1S/C19H22N2O3/c22-19(18-17(15-8-9-15)20-13-24-18)21-10-4-5-14(11-21)12-23-16-6-2-1-3-7-16/h1-3,6-7,13-15H,4-5,8-12H2. The average molecular weight is 326 g/mol. The number of hydrogen-bond donors (Lipinski definition) is 0. The molecule has 24 heavy (non-hydrogen) atoms. The second-order valence-electron chi connectivity index (χ2n) is 6.72. The number of nitrogens with zero attached hydrogens (tertiary/aromatic N) is 2. The molecule has 0 bridgehead atoms. The zero-order valence-corrected chi connectivity index (χ0v) is 13.7. The molecule has 0 radical (unpaired) electrons. The molecule has 1 atom stereocenters. The number of rotatable bonds is 5. The predicted molar refractivity (Wildman–Crippen MR) is 89.0 cm³/mol. The van der Waals surface area contributed by atoms with E-state index in [1.807, 2.05) is 35.2 Å². The van der Waals surface area contributed by atoms with Gasteiger partial charge >= 0.3 is 0 Å². The van der Waals surface area contributed by atoms with E-state index in [2.05, 4.69) is 4.98 Å². The van der Waals surface area contributed by atoms with Crippen LogP contribution in [0.15, 0.2) is 41.1 Å². The van der Waals surface area contributed by atoms with Crippen LogP contribution in [-0.4, -0.2) is 35.5 Å². The zero-order chi connectivity index (χ0) is 16.4. The molecular formula is C19H22N2O3. The molecule has 2 aliphatic rings. The van der Waals surface area contributed by atoms with Gasteiger partial charge in [0.05, 0.1) is 12.3 Å². The fourth-order valence-electron chi connectivity index (χ4n) is 3.32.